The summed E-state index contributed by atoms with van der Waals surface area (Å²) in [5.74, 6) is -0.853. The van der Waals surface area contributed by atoms with Gasteiger partial charge in [-0.1, -0.05) is 35.3 Å². The lowest BCUT2D eigenvalue weighted by atomic mass is 10.2. The topological polar surface area (TPSA) is 82.3 Å². The van der Waals surface area contributed by atoms with Crippen LogP contribution in [0.4, 0.5) is 5.69 Å². The van der Waals surface area contributed by atoms with Gasteiger partial charge in [0.15, 0.2) is 5.11 Å². The molecule has 2 aromatic carbocycles. The number of hydrogen-bond donors (Lipinski definition) is 4. The van der Waals surface area contributed by atoms with Crippen molar-refractivity contribution in [3.05, 3.63) is 64.1 Å². The van der Waals surface area contributed by atoms with E-state index >= 15 is 0 Å². The number of halogens is 2. The smallest absolute Gasteiger partial charge is 0.257 e. The number of benzene rings is 2. The third-order valence-corrected chi connectivity index (χ3v) is 3.74. The Bertz CT molecular complexity index is 784. The summed E-state index contributed by atoms with van der Waals surface area (Å²) in [6.07, 6.45) is 0. The number of para-hydroxylation sites is 1. The molecule has 2 amide bonds. The molecule has 9 heteroatoms. The molecular weight excluding hydrogens is 383 g/mol. The largest absolute Gasteiger partial charge is 0.343 e. The molecule has 0 heterocycles. The van der Waals surface area contributed by atoms with Gasteiger partial charge in [0.05, 0.1) is 17.3 Å². The first kappa shape index (κ1) is 19.0. The predicted octanol–water partition coefficient (Wildman–Crippen LogP) is 2.74. The monoisotopic (exact) mass is 396 g/mol. The summed E-state index contributed by atoms with van der Waals surface area (Å²) in [7, 11) is 0. The van der Waals surface area contributed by atoms with Gasteiger partial charge in [0.2, 0.25) is 0 Å². The second-order valence-corrected chi connectivity index (χ2v) is 6.05. The highest BCUT2D eigenvalue weighted by molar-refractivity contribution is 7.80. The van der Waals surface area contributed by atoms with Gasteiger partial charge in [-0.2, -0.15) is 0 Å². The van der Waals surface area contributed by atoms with Crippen molar-refractivity contribution < 1.29 is 9.59 Å². The minimum absolute atomic E-state index is 0.158. The van der Waals surface area contributed by atoms with Crippen LogP contribution in [0.5, 0.6) is 0 Å². The van der Waals surface area contributed by atoms with Crippen LogP contribution in [-0.4, -0.2) is 23.5 Å². The average molecular weight is 397 g/mol. The summed E-state index contributed by atoms with van der Waals surface area (Å²) in [4.78, 5) is 23.6. The second kappa shape index (κ2) is 9.22. The van der Waals surface area contributed by atoms with Gasteiger partial charge in [0.25, 0.3) is 11.8 Å². The van der Waals surface area contributed by atoms with Crippen LogP contribution < -0.4 is 21.5 Å². The summed E-state index contributed by atoms with van der Waals surface area (Å²) >= 11 is 16.8. The van der Waals surface area contributed by atoms with Crippen molar-refractivity contribution in [3.63, 3.8) is 0 Å². The number of hydrazine groups is 1. The van der Waals surface area contributed by atoms with Crippen LogP contribution in [-0.2, 0) is 4.79 Å². The van der Waals surface area contributed by atoms with Crippen LogP contribution in [0.1, 0.15) is 10.4 Å². The van der Waals surface area contributed by atoms with Gasteiger partial charge in [0, 0.05) is 10.6 Å². The first-order valence-electron chi connectivity index (χ1n) is 7.10. The summed E-state index contributed by atoms with van der Waals surface area (Å²) in [5.41, 5.74) is 5.90. The van der Waals surface area contributed by atoms with Crippen molar-refractivity contribution in [2.75, 3.05) is 11.9 Å². The number of nitrogens with one attached hydrogen (secondary N) is 4. The number of hydrogen-bond acceptors (Lipinski definition) is 3. The number of rotatable bonds is 4. The molecule has 25 heavy (non-hydrogen) atoms. The molecule has 0 radical (unpaired) electrons. The quantitative estimate of drug-likeness (QED) is 0.471. The normalized spacial score (nSPS) is 9.84. The number of amides is 2. The maximum Gasteiger partial charge on any atom is 0.257 e. The van der Waals surface area contributed by atoms with Gasteiger partial charge in [-0.15, -0.1) is 0 Å². The zero-order valence-corrected chi connectivity index (χ0v) is 15.1. The second-order valence-electron chi connectivity index (χ2n) is 4.80. The van der Waals surface area contributed by atoms with E-state index in [1.54, 1.807) is 48.5 Å². The molecule has 6 nitrogen and oxygen atoms in total. The van der Waals surface area contributed by atoms with Crippen molar-refractivity contribution in [2.45, 2.75) is 0 Å². The SMILES string of the molecule is O=C(CNC(=O)c1ccc(Cl)cc1)NNC(=S)Nc1ccccc1Cl. The zero-order valence-electron chi connectivity index (χ0n) is 12.8. The van der Waals surface area contributed by atoms with Gasteiger partial charge in [-0.05, 0) is 48.6 Å². The maximum atomic E-state index is 11.9. The Labute approximate surface area is 159 Å². The summed E-state index contributed by atoms with van der Waals surface area (Å²) in [6, 6.07) is 13.3. The van der Waals surface area contributed by atoms with E-state index in [2.05, 4.69) is 21.5 Å². The number of carbonyl (C=O) groups is 2. The molecule has 0 aliphatic rings. The highest BCUT2D eigenvalue weighted by Crippen LogP contribution is 2.19. The predicted molar refractivity (Wildman–Crippen MR) is 103 cm³/mol. The van der Waals surface area contributed by atoms with Crippen LogP contribution in [0.2, 0.25) is 10.0 Å². The molecule has 0 fully saturated rings. The Kier molecular flexibility index (Phi) is 7.00. The van der Waals surface area contributed by atoms with Crippen LogP contribution >= 0.6 is 35.4 Å². The Balaban J connectivity index is 1.73. The molecule has 0 spiro atoms. The molecule has 4 N–H and O–H groups in total. The van der Waals surface area contributed by atoms with Crippen molar-refractivity contribution in [2.24, 2.45) is 0 Å². The molecule has 0 aromatic heterocycles. The van der Waals surface area contributed by atoms with Crippen LogP contribution in [0.15, 0.2) is 48.5 Å². The summed E-state index contributed by atoms with van der Waals surface area (Å²) in [5, 5.41) is 6.49. The Hall–Kier alpha value is -2.35. The van der Waals surface area contributed by atoms with E-state index in [0.717, 1.165) is 0 Å². The molecule has 0 saturated carbocycles. The average Bonchev–Trinajstić information content (AvgIpc) is 2.60. The minimum Gasteiger partial charge on any atom is -0.343 e. The van der Waals surface area contributed by atoms with E-state index in [-0.39, 0.29) is 17.6 Å². The highest BCUT2D eigenvalue weighted by Gasteiger charge is 2.08. The van der Waals surface area contributed by atoms with Gasteiger partial charge < -0.3 is 10.6 Å². The number of thiocarbonyl (C=S) groups is 1. The standard InChI is InChI=1S/C16H14Cl2N4O2S/c17-11-7-5-10(6-8-11)15(24)19-9-14(23)21-22-16(25)20-13-4-2-1-3-12(13)18/h1-8H,9H2,(H,19,24)(H,21,23)(H2,20,22,25). The van der Waals surface area contributed by atoms with E-state index < -0.39 is 5.91 Å². The lowest BCUT2D eigenvalue weighted by molar-refractivity contribution is -0.120. The fourth-order valence-corrected chi connectivity index (χ4v) is 2.22. The molecular formula is C16H14Cl2N4O2S. The molecule has 2 aromatic rings. The van der Waals surface area contributed by atoms with E-state index in [1.807, 2.05) is 0 Å². The van der Waals surface area contributed by atoms with Gasteiger partial charge in [-0.25, -0.2) is 0 Å². The molecule has 0 bridgehead atoms. The fraction of sp³-hybridized carbons (Fsp3) is 0.0625. The van der Waals surface area contributed by atoms with Crippen molar-refractivity contribution in [3.8, 4) is 0 Å². The highest BCUT2D eigenvalue weighted by atomic mass is 35.5. The van der Waals surface area contributed by atoms with E-state index in [9.17, 15) is 9.59 Å². The Morgan fingerprint density at radius 2 is 1.64 bits per heavy atom. The zero-order chi connectivity index (χ0) is 18.2. The van der Waals surface area contributed by atoms with E-state index in [4.69, 9.17) is 35.4 Å². The lowest BCUT2D eigenvalue weighted by Gasteiger charge is -2.12. The maximum absolute atomic E-state index is 11.9. The fourth-order valence-electron chi connectivity index (χ4n) is 1.75. The number of carbonyl (C=O) groups excluding carboxylic acids is 2. The first-order valence-corrected chi connectivity index (χ1v) is 8.26. The van der Waals surface area contributed by atoms with E-state index in [1.165, 1.54) is 0 Å². The third kappa shape index (κ3) is 6.22. The van der Waals surface area contributed by atoms with Gasteiger partial charge in [0.1, 0.15) is 0 Å². The van der Waals surface area contributed by atoms with Crippen molar-refractivity contribution in [1.82, 2.24) is 16.2 Å². The lowest BCUT2D eigenvalue weighted by Crippen LogP contribution is -2.47. The molecule has 0 atom stereocenters. The molecule has 0 aliphatic heterocycles. The summed E-state index contributed by atoms with van der Waals surface area (Å²) < 4.78 is 0. The Morgan fingerprint density at radius 3 is 2.32 bits per heavy atom. The summed E-state index contributed by atoms with van der Waals surface area (Å²) in [6.45, 7) is -0.219. The Morgan fingerprint density at radius 1 is 0.960 bits per heavy atom. The van der Waals surface area contributed by atoms with Crippen molar-refractivity contribution in [1.29, 1.82) is 0 Å². The van der Waals surface area contributed by atoms with Gasteiger partial charge >= 0.3 is 0 Å². The minimum atomic E-state index is -0.467. The van der Waals surface area contributed by atoms with Gasteiger partial charge in [-0.3, -0.25) is 20.4 Å². The van der Waals surface area contributed by atoms with Crippen LogP contribution in [0, 0.1) is 0 Å². The third-order valence-electron chi connectivity index (χ3n) is 2.95. The van der Waals surface area contributed by atoms with Crippen molar-refractivity contribution >= 4 is 58.0 Å². The molecule has 0 aliphatic carbocycles. The number of anilines is 1. The first-order chi connectivity index (χ1) is 12.0. The van der Waals surface area contributed by atoms with Crippen LogP contribution in [0.25, 0.3) is 0 Å². The van der Waals surface area contributed by atoms with Crippen LogP contribution in [0.3, 0.4) is 0 Å². The molecule has 0 unspecified atom stereocenters. The molecule has 130 valence electrons. The van der Waals surface area contributed by atoms with E-state index in [0.29, 0.717) is 21.3 Å². The molecule has 0 saturated heterocycles. The molecule has 2 rings (SSSR count).